The van der Waals surface area contributed by atoms with E-state index in [1.54, 1.807) is 5.32 Å². The van der Waals surface area contributed by atoms with E-state index in [0.717, 1.165) is 0 Å². The molecule has 0 bridgehead atoms. The van der Waals surface area contributed by atoms with Crippen molar-refractivity contribution < 1.29 is 27.8 Å². The molecule has 1 fully saturated rings. The number of ether oxygens (including phenoxy) is 1. The molecule has 1 aliphatic rings. The molecule has 0 radical (unpaired) electrons. The first-order valence-electron chi connectivity index (χ1n) is 5.85. The molecule has 15 heavy (non-hydrogen) atoms. The minimum atomic E-state index is -2.43. The van der Waals surface area contributed by atoms with Crippen molar-refractivity contribution in [2.75, 3.05) is 13.0 Å². The van der Waals surface area contributed by atoms with E-state index >= 15 is 0 Å². The molecule has 0 saturated carbocycles. The van der Waals surface area contributed by atoms with E-state index in [9.17, 15) is 17.6 Å². The third-order valence-corrected chi connectivity index (χ3v) is 1.71. The van der Waals surface area contributed by atoms with Gasteiger partial charge in [0.1, 0.15) is 6.10 Å². The monoisotopic (exact) mass is 225 g/mol. The summed E-state index contributed by atoms with van der Waals surface area (Å²) in [7, 11) is 0. The first-order chi connectivity index (χ1) is 8.56. The number of rotatable bonds is 2. The summed E-state index contributed by atoms with van der Waals surface area (Å²) in [4.78, 5) is 0. The maximum absolute atomic E-state index is 13.3. The van der Waals surface area contributed by atoms with Crippen LogP contribution >= 0.6 is 0 Å². The Labute approximate surface area is 88.5 Å². The highest BCUT2D eigenvalue weighted by Gasteiger charge is 2.26. The van der Waals surface area contributed by atoms with Crippen molar-refractivity contribution >= 4 is 0 Å². The van der Waals surface area contributed by atoms with Crippen LogP contribution in [0.15, 0.2) is 6.07 Å². The van der Waals surface area contributed by atoms with Gasteiger partial charge in [0.25, 0.3) is 0 Å². The van der Waals surface area contributed by atoms with Crippen molar-refractivity contribution in [2.45, 2.75) is 6.10 Å². The third-order valence-electron chi connectivity index (χ3n) is 1.71. The Morgan fingerprint density at radius 3 is 2.20 bits per heavy atom. The van der Waals surface area contributed by atoms with Crippen LogP contribution in [0, 0.1) is 23.3 Å². The van der Waals surface area contributed by atoms with Crippen LogP contribution in [0.5, 0.6) is 5.75 Å². The van der Waals surface area contributed by atoms with E-state index < -0.39 is 48.1 Å². The average Bonchev–Trinajstić information content (AvgIpc) is 2.24. The first kappa shape index (κ1) is 6.32. The molecular weight excluding hydrogens is 214 g/mol. The van der Waals surface area contributed by atoms with Crippen molar-refractivity contribution in [1.29, 1.82) is 0 Å². The largest absolute Gasteiger partial charge is 0.482 e. The fourth-order valence-corrected chi connectivity index (χ4v) is 0.963. The van der Waals surface area contributed by atoms with Crippen LogP contribution in [0.2, 0.25) is 0 Å². The molecule has 0 spiro atoms. The van der Waals surface area contributed by atoms with Gasteiger partial charge in [-0.25, -0.2) is 8.78 Å². The van der Waals surface area contributed by atoms with Gasteiger partial charge in [0.05, 0.1) is 0 Å². The van der Waals surface area contributed by atoms with Crippen LogP contribution in [0.1, 0.15) is 5.48 Å². The second-order valence-corrected chi connectivity index (χ2v) is 2.71. The van der Waals surface area contributed by atoms with E-state index in [1.165, 1.54) is 0 Å². The van der Waals surface area contributed by atoms with E-state index in [1.807, 2.05) is 0 Å². The molecule has 0 amide bonds. The van der Waals surface area contributed by atoms with E-state index in [2.05, 4.69) is 4.74 Å². The lowest BCUT2D eigenvalue weighted by Gasteiger charge is -2.28. The summed E-state index contributed by atoms with van der Waals surface area (Å²) in [5.41, 5.74) is 0. The van der Waals surface area contributed by atoms with Crippen molar-refractivity contribution in [1.82, 2.24) is 5.32 Å². The van der Waals surface area contributed by atoms with Gasteiger partial charge in [-0.3, -0.25) is 0 Å². The van der Waals surface area contributed by atoms with Gasteiger partial charge in [0.2, 0.25) is 11.6 Å². The van der Waals surface area contributed by atoms with Crippen LogP contribution in [0.25, 0.3) is 0 Å². The minimum Gasteiger partial charge on any atom is -0.482 e. The number of benzene rings is 1. The topological polar surface area (TPSA) is 21.3 Å². The van der Waals surface area contributed by atoms with Crippen molar-refractivity contribution in [3.8, 4) is 5.75 Å². The van der Waals surface area contributed by atoms with E-state index in [0.29, 0.717) is 0 Å². The molecule has 0 aliphatic carbocycles. The number of hydrogen-bond donors (Lipinski definition) is 1. The summed E-state index contributed by atoms with van der Waals surface area (Å²) in [6.45, 7) is -4.85. The quantitative estimate of drug-likeness (QED) is 0.609. The molecular formula is C9H7F4NO. The summed E-state index contributed by atoms with van der Waals surface area (Å²) in [5, 5.41) is 1.81. The Morgan fingerprint density at radius 2 is 1.73 bits per heavy atom. The van der Waals surface area contributed by atoms with Crippen LogP contribution in [-0.2, 0) is 0 Å². The van der Waals surface area contributed by atoms with Crippen LogP contribution < -0.4 is 10.1 Å². The Bertz CT molecular complexity index is 499. The Balaban J connectivity index is 2.39. The number of halogens is 4. The summed E-state index contributed by atoms with van der Waals surface area (Å²) >= 11 is 0. The van der Waals surface area contributed by atoms with Gasteiger partial charge in [-0.2, -0.15) is 8.78 Å². The third kappa shape index (κ3) is 1.77. The summed E-state index contributed by atoms with van der Waals surface area (Å²) in [6, 6.07) is -0.0279. The SMILES string of the molecule is [2H]C1([2H])NC([2H])([2H])C1Oc1c(F)c(F)cc(F)c1F. The zero-order valence-corrected chi connectivity index (χ0v) is 7.07. The Hall–Kier alpha value is -1.30. The van der Waals surface area contributed by atoms with Crippen LogP contribution in [0.4, 0.5) is 17.6 Å². The molecule has 0 aromatic heterocycles. The molecule has 0 unspecified atom stereocenters. The molecule has 1 aromatic carbocycles. The lowest BCUT2D eigenvalue weighted by atomic mass is 10.2. The van der Waals surface area contributed by atoms with Gasteiger partial charge in [-0.1, -0.05) is 0 Å². The van der Waals surface area contributed by atoms with Gasteiger partial charge in [0, 0.05) is 24.5 Å². The summed E-state index contributed by atoms with van der Waals surface area (Å²) < 4.78 is 85.8. The van der Waals surface area contributed by atoms with Gasteiger partial charge < -0.3 is 10.1 Å². The predicted molar refractivity (Wildman–Crippen MR) is 43.6 cm³/mol. The molecule has 6 heteroatoms. The molecule has 2 rings (SSSR count). The Morgan fingerprint density at radius 1 is 1.20 bits per heavy atom. The number of hydrogen-bond acceptors (Lipinski definition) is 2. The molecule has 1 saturated heterocycles. The van der Waals surface area contributed by atoms with Gasteiger partial charge in [0.15, 0.2) is 17.4 Å². The molecule has 1 heterocycles. The van der Waals surface area contributed by atoms with E-state index in [4.69, 9.17) is 5.48 Å². The van der Waals surface area contributed by atoms with Crippen molar-refractivity contribution in [3.05, 3.63) is 29.3 Å². The smallest absolute Gasteiger partial charge is 0.203 e. The zero-order chi connectivity index (χ0) is 14.6. The molecule has 2 nitrogen and oxygen atoms in total. The molecule has 1 aliphatic heterocycles. The normalized spacial score (nSPS) is 26.9. The first-order valence-corrected chi connectivity index (χ1v) is 3.85. The van der Waals surface area contributed by atoms with Gasteiger partial charge >= 0.3 is 0 Å². The van der Waals surface area contributed by atoms with Crippen molar-refractivity contribution in [3.63, 3.8) is 0 Å². The molecule has 82 valence electrons. The predicted octanol–water partition coefficient (Wildman–Crippen LogP) is 1.59. The van der Waals surface area contributed by atoms with Gasteiger partial charge in [-0.15, -0.1) is 0 Å². The fourth-order valence-electron chi connectivity index (χ4n) is 0.963. The lowest BCUT2D eigenvalue weighted by molar-refractivity contribution is 0.127. The van der Waals surface area contributed by atoms with Gasteiger partial charge in [-0.05, 0) is 0 Å². The maximum Gasteiger partial charge on any atom is 0.203 e. The highest BCUT2D eigenvalue weighted by Crippen LogP contribution is 2.27. The summed E-state index contributed by atoms with van der Waals surface area (Å²) in [6.07, 6.45) is -1.95. The van der Waals surface area contributed by atoms with Crippen LogP contribution in [-0.4, -0.2) is 19.1 Å². The number of nitrogens with one attached hydrogen (secondary N) is 1. The Kier molecular flexibility index (Phi) is 1.56. The fraction of sp³-hybridized carbons (Fsp3) is 0.333. The lowest BCUT2D eigenvalue weighted by Crippen LogP contribution is -2.50. The highest BCUT2D eigenvalue weighted by atomic mass is 19.2. The summed E-state index contributed by atoms with van der Waals surface area (Å²) in [5.74, 6) is -8.63. The molecule has 0 atom stereocenters. The maximum atomic E-state index is 13.3. The van der Waals surface area contributed by atoms with Crippen LogP contribution in [0.3, 0.4) is 0 Å². The standard InChI is InChI=1S/C9H7F4NO/c10-5-1-6(11)8(13)9(7(5)12)15-4-2-14-3-4/h1,4,14H,2-3H2/i2D2,3D2. The van der Waals surface area contributed by atoms with Crippen molar-refractivity contribution in [2.24, 2.45) is 0 Å². The van der Waals surface area contributed by atoms with E-state index in [-0.39, 0.29) is 6.07 Å². The zero-order valence-electron chi connectivity index (χ0n) is 11.1. The molecule has 1 aromatic rings. The second-order valence-electron chi connectivity index (χ2n) is 2.71. The average molecular weight is 225 g/mol. The minimum absolute atomic E-state index is 0.0279. The molecule has 1 N–H and O–H groups in total. The second kappa shape index (κ2) is 3.69. The highest BCUT2D eigenvalue weighted by molar-refractivity contribution is 5.29.